The first-order valence-corrected chi connectivity index (χ1v) is 11.6. The molecule has 0 N–H and O–H groups in total. The van der Waals surface area contributed by atoms with Crippen LogP contribution in [0.3, 0.4) is 0 Å². The smallest absolute Gasteiger partial charge is 0.228 e. The SMILES string of the molecule is CCC(=O)N1CCCC(c2nc(C)c3c(n2)N(CCCc2ccccc2)C(=O)CC3)C1. The monoisotopic (exact) mass is 420 g/mol. The first-order valence-electron chi connectivity index (χ1n) is 11.6. The van der Waals surface area contributed by atoms with E-state index in [-0.39, 0.29) is 17.7 Å². The van der Waals surface area contributed by atoms with Crippen molar-refractivity contribution in [3.05, 3.63) is 53.0 Å². The number of likely N-dealkylation sites (tertiary alicyclic amines) is 1. The standard InChI is InChI=1S/C25H32N4O2/c1-3-22(30)28-15-8-12-20(17-28)24-26-18(2)21-13-14-23(31)29(25(21)27-24)16-7-11-19-9-5-4-6-10-19/h4-6,9-10,20H,3,7-8,11-17H2,1-2H3. The Morgan fingerprint density at radius 2 is 1.97 bits per heavy atom. The van der Waals surface area contributed by atoms with Crippen molar-refractivity contribution in [3.8, 4) is 0 Å². The lowest BCUT2D eigenvalue weighted by atomic mass is 9.95. The molecule has 1 atom stereocenters. The maximum Gasteiger partial charge on any atom is 0.228 e. The number of nitrogens with zero attached hydrogens (tertiary/aromatic N) is 4. The van der Waals surface area contributed by atoms with Crippen LogP contribution in [0, 0.1) is 6.92 Å². The van der Waals surface area contributed by atoms with E-state index in [4.69, 9.17) is 9.97 Å². The van der Waals surface area contributed by atoms with Gasteiger partial charge in [0.1, 0.15) is 11.6 Å². The van der Waals surface area contributed by atoms with Gasteiger partial charge >= 0.3 is 0 Å². The normalized spacial score (nSPS) is 18.8. The lowest BCUT2D eigenvalue weighted by Crippen LogP contribution is -2.40. The fourth-order valence-corrected chi connectivity index (χ4v) is 4.74. The topological polar surface area (TPSA) is 66.4 Å². The number of fused-ring (bicyclic) bond motifs is 1. The summed E-state index contributed by atoms with van der Waals surface area (Å²) in [6, 6.07) is 10.4. The maximum atomic E-state index is 12.8. The number of aromatic nitrogens is 2. The van der Waals surface area contributed by atoms with E-state index in [0.29, 0.717) is 32.4 Å². The van der Waals surface area contributed by atoms with Crippen molar-refractivity contribution in [3.63, 3.8) is 0 Å². The van der Waals surface area contributed by atoms with Gasteiger partial charge in [-0.1, -0.05) is 37.3 Å². The molecule has 2 aliphatic rings. The number of piperidine rings is 1. The molecule has 1 aromatic heterocycles. The van der Waals surface area contributed by atoms with E-state index in [0.717, 1.165) is 55.1 Å². The number of anilines is 1. The Labute approximate surface area is 184 Å². The zero-order valence-corrected chi connectivity index (χ0v) is 18.6. The summed E-state index contributed by atoms with van der Waals surface area (Å²) >= 11 is 0. The quantitative estimate of drug-likeness (QED) is 0.713. The van der Waals surface area contributed by atoms with E-state index in [9.17, 15) is 9.59 Å². The van der Waals surface area contributed by atoms with Gasteiger partial charge in [-0.3, -0.25) is 14.5 Å². The molecule has 3 heterocycles. The molecule has 0 radical (unpaired) electrons. The van der Waals surface area contributed by atoms with Crippen LogP contribution in [-0.4, -0.2) is 46.3 Å². The van der Waals surface area contributed by atoms with Crippen LogP contribution >= 0.6 is 0 Å². The third-order valence-electron chi connectivity index (χ3n) is 6.49. The third kappa shape index (κ3) is 4.78. The summed E-state index contributed by atoms with van der Waals surface area (Å²) in [5, 5.41) is 0. The summed E-state index contributed by atoms with van der Waals surface area (Å²) in [5.74, 6) is 2.06. The Morgan fingerprint density at radius 3 is 2.74 bits per heavy atom. The highest BCUT2D eigenvalue weighted by Gasteiger charge is 2.31. The molecular formula is C25H32N4O2. The predicted octanol–water partition coefficient (Wildman–Crippen LogP) is 3.81. The number of rotatable bonds is 6. The molecular weight excluding hydrogens is 388 g/mol. The highest BCUT2D eigenvalue weighted by atomic mass is 16.2. The number of carbonyl (C=O) groups is 2. The summed E-state index contributed by atoms with van der Waals surface area (Å²) in [7, 11) is 0. The van der Waals surface area contributed by atoms with Gasteiger partial charge in [0.05, 0.1) is 0 Å². The molecule has 164 valence electrons. The number of benzene rings is 1. The Bertz CT molecular complexity index is 944. The zero-order chi connectivity index (χ0) is 21.8. The number of carbonyl (C=O) groups excluding carboxylic acids is 2. The van der Waals surface area contributed by atoms with Crippen LogP contribution in [-0.2, 0) is 22.4 Å². The molecule has 0 aliphatic carbocycles. The van der Waals surface area contributed by atoms with Crippen molar-refractivity contribution in [1.82, 2.24) is 14.9 Å². The van der Waals surface area contributed by atoms with Crippen LogP contribution in [0.1, 0.15) is 67.6 Å². The molecule has 2 aromatic rings. The predicted molar refractivity (Wildman–Crippen MR) is 121 cm³/mol. The van der Waals surface area contributed by atoms with Gasteiger partial charge in [0.25, 0.3) is 0 Å². The van der Waals surface area contributed by atoms with Crippen LogP contribution < -0.4 is 4.90 Å². The van der Waals surface area contributed by atoms with E-state index < -0.39 is 0 Å². The summed E-state index contributed by atoms with van der Waals surface area (Å²) in [6.07, 6.45) is 5.54. The Hall–Kier alpha value is -2.76. The molecule has 1 saturated heterocycles. The molecule has 6 nitrogen and oxygen atoms in total. The van der Waals surface area contributed by atoms with Crippen LogP contribution in [0.2, 0.25) is 0 Å². The first kappa shape index (κ1) is 21.5. The van der Waals surface area contributed by atoms with Crippen molar-refractivity contribution < 1.29 is 9.59 Å². The summed E-state index contributed by atoms with van der Waals surface area (Å²) in [6.45, 7) is 6.09. The molecule has 0 saturated carbocycles. The molecule has 1 fully saturated rings. The molecule has 0 spiro atoms. The first-order chi connectivity index (χ1) is 15.1. The zero-order valence-electron chi connectivity index (χ0n) is 18.6. The van der Waals surface area contributed by atoms with Crippen molar-refractivity contribution in [2.45, 2.75) is 64.7 Å². The molecule has 31 heavy (non-hydrogen) atoms. The van der Waals surface area contributed by atoms with Gasteiger partial charge in [0.2, 0.25) is 11.8 Å². The van der Waals surface area contributed by atoms with Crippen molar-refractivity contribution in [1.29, 1.82) is 0 Å². The molecule has 0 bridgehead atoms. The van der Waals surface area contributed by atoms with E-state index in [1.54, 1.807) is 0 Å². The average molecular weight is 421 g/mol. The second-order valence-corrected chi connectivity index (χ2v) is 8.64. The van der Waals surface area contributed by atoms with Crippen LogP contribution in [0.25, 0.3) is 0 Å². The van der Waals surface area contributed by atoms with Gasteiger partial charge in [-0.25, -0.2) is 9.97 Å². The Kier molecular flexibility index (Phi) is 6.64. The highest BCUT2D eigenvalue weighted by molar-refractivity contribution is 5.95. The molecule has 2 aliphatic heterocycles. The third-order valence-corrected chi connectivity index (χ3v) is 6.49. The van der Waals surface area contributed by atoms with E-state index >= 15 is 0 Å². The average Bonchev–Trinajstić information content (AvgIpc) is 2.80. The molecule has 1 unspecified atom stereocenters. The number of amides is 2. The van der Waals surface area contributed by atoms with Gasteiger partial charge in [-0.2, -0.15) is 0 Å². The number of hydrogen-bond donors (Lipinski definition) is 0. The molecule has 2 amide bonds. The lowest BCUT2D eigenvalue weighted by Gasteiger charge is -2.34. The second-order valence-electron chi connectivity index (χ2n) is 8.64. The van der Waals surface area contributed by atoms with Crippen LogP contribution in [0.4, 0.5) is 5.82 Å². The summed E-state index contributed by atoms with van der Waals surface area (Å²) in [5.41, 5.74) is 3.36. The minimum atomic E-state index is 0.136. The van der Waals surface area contributed by atoms with E-state index in [1.807, 2.05) is 29.7 Å². The van der Waals surface area contributed by atoms with Crippen LogP contribution in [0.15, 0.2) is 30.3 Å². The number of hydrogen-bond acceptors (Lipinski definition) is 4. The van der Waals surface area contributed by atoms with Gasteiger partial charge < -0.3 is 4.90 Å². The van der Waals surface area contributed by atoms with Crippen molar-refractivity contribution in [2.75, 3.05) is 24.5 Å². The summed E-state index contributed by atoms with van der Waals surface area (Å²) < 4.78 is 0. The molecule has 4 rings (SSSR count). The van der Waals surface area contributed by atoms with Gasteiger partial charge in [-0.05, 0) is 44.6 Å². The fourth-order valence-electron chi connectivity index (χ4n) is 4.74. The van der Waals surface area contributed by atoms with Crippen molar-refractivity contribution in [2.24, 2.45) is 0 Å². The minimum absolute atomic E-state index is 0.136. The molecule has 6 heteroatoms. The van der Waals surface area contributed by atoms with Gasteiger partial charge in [-0.15, -0.1) is 0 Å². The lowest BCUT2D eigenvalue weighted by molar-refractivity contribution is -0.132. The number of aryl methyl sites for hydroxylation is 2. The van der Waals surface area contributed by atoms with E-state index in [1.165, 1.54) is 5.56 Å². The Morgan fingerprint density at radius 1 is 1.16 bits per heavy atom. The summed E-state index contributed by atoms with van der Waals surface area (Å²) in [4.78, 5) is 38.6. The second kappa shape index (κ2) is 9.58. The van der Waals surface area contributed by atoms with E-state index in [2.05, 4.69) is 24.3 Å². The van der Waals surface area contributed by atoms with Gasteiger partial charge in [0.15, 0.2) is 0 Å². The minimum Gasteiger partial charge on any atom is -0.342 e. The van der Waals surface area contributed by atoms with Crippen molar-refractivity contribution >= 4 is 17.6 Å². The van der Waals surface area contributed by atoms with Gasteiger partial charge in [0, 0.05) is 49.7 Å². The fraction of sp³-hybridized carbons (Fsp3) is 0.520. The molecule has 1 aromatic carbocycles. The largest absolute Gasteiger partial charge is 0.342 e. The van der Waals surface area contributed by atoms with Crippen LogP contribution in [0.5, 0.6) is 0 Å². The Balaban J connectivity index is 1.54. The highest BCUT2D eigenvalue weighted by Crippen LogP contribution is 2.32. The maximum absolute atomic E-state index is 12.8.